The third-order valence-electron chi connectivity index (χ3n) is 4.47. The molecule has 2 N–H and O–H groups in total. The molecule has 0 unspecified atom stereocenters. The number of nitrogens with one attached hydrogen (secondary N) is 1. The van der Waals surface area contributed by atoms with Gasteiger partial charge in [0.25, 0.3) is 5.69 Å². The van der Waals surface area contributed by atoms with Crippen LogP contribution in [0.15, 0.2) is 64.1 Å². The minimum atomic E-state index is -1.30. The predicted octanol–water partition coefficient (Wildman–Crippen LogP) is 4.89. The minimum Gasteiger partial charge on any atom is -0.493 e. The van der Waals surface area contributed by atoms with Crippen molar-refractivity contribution in [2.75, 3.05) is 18.6 Å². The summed E-state index contributed by atoms with van der Waals surface area (Å²) in [7, 11) is 0. The number of aliphatic carboxylic acids is 1. The number of ether oxygens (including phenoxy) is 1. The number of nitrogens with zero attached hydrogens (tertiary/aromatic N) is 6. The Kier molecular flexibility index (Phi) is 8.49. The van der Waals surface area contributed by atoms with Crippen molar-refractivity contribution in [3.05, 3.63) is 80.0 Å². The number of thiazole rings is 1. The monoisotopic (exact) mass is 481 g/mol. The number of hydrogen-bond donors (Lipinski definition) is 2. The molecule has 34 heavy (non-hydrogen) atoms. The van der Waals surface area contributed by atoms with Crippen molar-refractivity contribution in [1.82, 2.24) is 4.98 Å². The number of hydrazone groups is 1. The first-order chi connectivity index (χ1) is 16.5. The van der Waals surface area contributed by atoms with E-state index in [0.717, 1.165) is 5.56 Å². The van der Waals surface area contributed by atoms with Crippen molar-refractivity contribution in [2.24, 2.45) is 10.2 Å². The molecule has 12 nitrogen and oxygen atoms in total. The van der Waals surface area contributed by atoms with E-state index in [1.165, 1.54) is 29.5 Å². The van der Waals surface area contributed by atoms with Gasteiger partial charge in [0.2, 0.25) is 5.13 Å². The van der Waals surface area contributed by atoms with E-state index in [-0.39, 0.29) is 23.4 Å². The van der Waals surface area contributed by atoms with Gasteiger partial charge in [-0.2, -0.15) is 5.10 Å². The van der Waals surface area contributed by atoms with Gasteiger partial charge in [0.05, 0.1) is 17.2 Å². The van der Waals surface area contributed by atoms with Crippen molar-refractivity contribution < 1.29 is 19.6 Å². The number of hydrogen-bond acceptors (Lipinski definition) is 9. The van der Waals surface area contributed by atoms with E-state index in [1.54, 1.807) is 17.5 Å². The van der Waals surface area contributed by atoms with E-state index in [4.69, 9.17) is 10.3 Å². The Labute approximate surface area is 197 Å². The Morgan fingerprint density at radius 2 is 2.03 bits per heavy atom. The molecular formula is C21H19N7O5S. The molecule has 3 aromatic rings. The van der Waals surface area contributed by atoms with Gasteiger partial charge in [-0.05, 0) is 24.1 Å². The second-order valence-electron chi connectivity index (χ2n) is 6.73. The summed E-state index contributed by atoms with van der Waals surface area (Å²) in [6.45, 7) is 0.697. The van der Waals surface area contributed by atoms with Crippen LogP contribution in [0, 0.1) is 10.1 Å². The van der Waals surface area contributed by atoms with Crippen LogP contribution in [0.25, 0.3) is 21.7 Å². The second-order valence-corrected chi connectivity index (χ2v) is 7.59. The molecule has 0 amide bonds. The number of para-hydroxylation sites is 2. The fourth-order valence-electron chi connectivity index (χ4n) is 2.91. The Balaban J connectivity index is 1.73. The van der Waals surface area contributed by atoms with Crippen molar-refractivity contribution in [2.45, 2.75) is 12.8 Å². The number of rotatable bonds is 12. The summed E-state index contributed by atoms with van der Waals surface area (Å²) in [6.07, 6.45) is 0.332. The van der Waals surface area contributed by atoms with Crippen LogP contribution in [0.3, 0.4) is 0 Å². The molecule has 0 saturated carbocycles. The SMILES string of the molecule is [N-]=[N+]=NCCCOc1ccccc1-c1csc(N/N=C(/Cc2ccccc2[N+](=O)[O-])C(=O)O)n1. The molecule has 13 heteroatoms. The van der Waals surface area contributed by atoms with Crippen LogP contribution in [0.4, 0.5) is 10.8 Å². The van der Waals surface area contributed by atoms with Gasteiger partial charge in [-0.15, -0.1) is 11.3 Å². The molecule has 3 rings (SSSR count). The van der Waals surface area contributed by atoms with Crippen LogP contribution in [-0.2, 0) is 11.2 Å². The topological polar surface area (TPSA) is 176 Å². The Morgan fingerprint density at radius 3 is 2.79 bits per heavy atom. The highest BCUT2D eigenvalue weighted by molar-refractivity contribution is 7.14. The number of anilines is 1. The summed E-state index contributed by atoms with van der Waals surface area (Å²) in [5.74, 6) is -0.701. The third-order valence-corrected chi connectivity index (χ3v) is 5.22. The largest absolute Gasteiger partial charge is 0.493 e. The number of aromatic nitrogens is 1. The van der Waals surface area contributed by atoms with Gasteiger partial charge in [-0.3, -0.25) is 15.5 Å². The first-order valence-electron chi connectivity index (χ1n) is 9.96. The van der Waals surface area contributed by atoms with Crippen LogP contribution in [-0.4, -0.2) is 39.8 Å². The van der Waals surface area contributed by atoms with Gasteiger partial charge in [0.1, 0.15) is 11.5 Å². The summed E-state index contributed by atoms with van der Waals surface area (Å²) in [4.78, 5) is 29.4. The molecule has 0 fully saturated rings. The maximum absolute atomic E-state index is 11.6. The van der Waals surface area contributed by atoms with Gasteiger partial charge in [-0.1, -0.05) is 35.4 Å². The van der Waals surface area contributed by atoms with E-state index < -0.39 is 10.9 Å². The zero-order valence-electron chi connectivity index (χ0n) is 17.7. The van der Waals surface area contributed by atoms with Crippen LogP contribution in [0.5, 0.6) is 5.75 Å². The highest BCUT2D eigenvalue weighted by atomic mass is 32.1. The van der Waals surface area contributed by atoms with E-state index in [1.807, 2.05) is 18.2 Å². The second kappa shape index (κ2) is 11.9. The van der Waals surface area contributed by atoms with E-state index in [2.05, 4.69) is 25.5 Å². The standard InChI is InChI=1S/C21H19N7O5S/c22-27-23-10-5-11-33-19-9-4-2-7-15(19)17-13-34-21(24-17)26-25-16(20(29)30)12-14-6-1-3-8-18(14)28(31)32/h1-4,6-9,13H,5,10-12H2,(H,24,26)(H,29,30)/b25-16-. The highest BCUT2D eigenvalue weighted by Gasteiger charge is 2.19. The van der Waals surface area contributed by atoms with Crippen LogP contribution < -0.4 is 10.2 Å². The summed E-state index contributed by atoms with van der Waals surface area (Å²) in [5.41, 5.74) is 12.1. The lowest BCUT2D eigenvalue weighted by Crippen LogP contribution is -2.18. The highest BCUT2D eigenvalue weighted by Crippen LogP contribution is 2.32. The Bertz CT molecular complexity index is 1250. The zero-order chi connectivity index (χ0) is 24.3. The van der Waals surface area contributed by atoms with Gasteiger partial charge < -0.3 is 9.84 Å². The van der Waals surface area contributed by atoms with E-state index >= 15 is 0 Å². The molecule has 0 bridgehead atoms. The summed E-state index contributed by atoms with van der Waals surface area (Å²) >= 11 is 1.21. The number of carbonyl (C=O) groups is 1. The molecule has 1 heterocycles. The summed E-state index contributed by atoms with van der Waals surface area (Å²) in [6, 6.07) is 13.2. The molecule has 1 aromatic heterocycles. The molecule has 0 aliphatic heterocycles. The number of azide groups is 1. The molecule has 0 spiro atoms. The predicted molar refractivity (Wildman–Crippen MR) is 127 cm³/mol. The molecular weight excluding hydrogens is 462 g/mol. The lowest BCUT2D eigenvalue weighted by Gasteiger charge is -2.09. The smallest absolute Gasteiger partial charge is 0.352 e. The maximum Gasteiger partial charge on any atom is 0.352 e. The van der Waals surface area contributed by atoms with Crippen molar-refractivity contribution in [1.29, 1.82) is 0 Å². The quantitative estimate of drug-likeness (QED) is 0.0703. The Morgan fingerprint density at radius 1 is 1.26 bits per heavy atom. The number of nitro benzene ring substituents is 1. The van der Waals surface area contributed by atoms with Gasteiger partial charge in [0.15, 0.2) is 0 Å². The van der Waals surface area contributed by atoms with E-state index in [9.17, 15) is 20.0 Å². The fourth-order valence-corrected chi connectivity index (χ4v) is 3.56. The maximum atomic E-state index is 11.6. The van der Waals surface area contributed by atoms with Crippen molar-refractivity contribution in [3.8, 4) is 17.0 Å². The lowest BCUT2D eigenvalue weighted by molar-refractivity contribution is -0.385. The van der Waals surface area contributed by atoms with Crippen LogP contribution >= 0.6 is 11.3 Å². The van der Waals surface area contributed by atoms with Crippen LogP contribution in [0.2, 0.25) is 0 Å². The summed E-state index contributed by atoms with van der Waals surface area (Å²) < 4.78 is 5.77. The molecule has 0 radical (unpaired) electrons. The average molecular weight is 481 g/mol. The average Bonchev–Trinajstić information content (AvgIpc) is 3.30. The number of carboxylic acid groups (broad SMARTS) is 1. The number of benzene rings is 2. The first-order valence-corrected chi connectivity index (χ1v) is 10.8. The molecule has 2 aromatic carbocycles. The van der Waals surface area contributed by atoms with E-state index in [0.29, 0.717) is 36.1 Å². The Hall–Kier alpha value is -4.48. The zero-order valence-corrected chi connectivity index (χ0v) is 18.5. The fraction of sp³-hybridized carbons (Fsp3) is 0.190. The number of nitro groups is 1. The van der Waals surface area contributed by atoms with Gasteiger partial charge >= 0.3 is 5.97 Å². The molecule has 0 aliphatic carbocycles. The van der Waals surface area contributed by atoms with Gasteiger partial charge in [0, 0.05) is 40.5 Å². The minimum absolute atomic E-state index is 0.177. The van der Waals surface area contributed by atoms with Crippen LogP contribution in [0.1, 0.15) is 12.0 Å². The molecule has 0 aliphatic rings. The normalized spacial score (nSPS) is 10.9. The van der Waals surface area contributed by atoms with Gasteiger partial charge in [-0.25, -0.2) is 9.78 Å². The summed E-state index contributed by atoms with van der Waals surface area (Å²) in [5, 5.41) is 30.2. The molecule has 0 atom stereocenters. The van der Waals surface area contributed by atoms with Crippen molar-refractivity contribution >= 4 is 33.8 Å². The van der Waals surface area contributed by atoms with Crippen molar-refractivity contribution in [3.63, 3.8) is 0 Å². The molecule has 0 saturated heterocycles. The lowest BCUT2D eigenvalue weighted by atomic mass is 10.1. The molecule has 174 valence electrons. The first kappa shape index (κ1) is 24.2. The number of carboxylic acids is 1. The third kappa shape index (κ3) is 6.51.